The second-order valence-corrected chi connectivity index (χ2v) is 14.7. The van der Waals surface area contributed by atoms with Crippen molar-refractivity contribution < 1.29 is 0 Å². The topological polar surface area (TPSA) is 0 Å². The highest BCUT2D eigenvalue weighted by Crippen LogP contribution is 2.18. The minimum Gasteiger partial charge on any atom is -0.0834 e. The average Bonchev–Trinajstić information content (AvgIpc) is 3.02. The van der Waals surface area contributed by atoms with E-state index in [-0.39, 0.29) is 0 Å². The van der Waals surface area contributed by atoms with Crippen LogP contribution in [0.15, 0.2) is 23.8 Å². The first-order valence-corrected chi connectivity index (χ1v) is 21.4. The maximum atomic E-state index is 2.41. The van der Waals surface area contributed by atoms with Crippen LogP contribution < -0.4 is 0 Å². The number of allylic oxidation sites excluding steroid dienone is 2. The molecule has 0 unspecified atom stereocenters. The Bertz CT molecular complexity index is 475. The zero-order chi connectivity index (χ0) is 31.0. The van der Waals surface area contributed by atoms with Gasteiger partial charge < -0.3 is 0 Å². The van der Waals surface area contributed by atoms with Crippen LogP contribution >= 0.6 is 8.58 Å². The molecule has 0 aliphatic rings. The first kappa shape index (κ1) is 42.9. The van der Waals surface area contributed by atoms with E-state index in [1.165, 1.54) is 240 Å². The summed E-state index contributed by atoms with van der Waals surface area (Å²) in [6.07, 6.45) is 56.9. The molecule has 0 saturated heterocycles. The largest absolute Gasteiger partial charge is 0.0834 e. The smallest absolute Gasteiger partial charge is 0.0267 e. The van der Waals surface area contributed by atoms with Gasteiger partial charge in [0.05, 0.1) is 0 Å². The van der Waals surface area contributed by atoms with Gasteiger partial charge >= 0.3 is 0 Å². The average molecular weight is 618 g/mol. The molecular weight excluding hydrogens is 535 g/mol. The molecule has 0 aromatic carbocycles. The van der Waals surface area contributed by atoms with Gasteiger partial charge in [0.25, 0.3) is 0 Å². The summed E-state index contributed by atoms with van der Waals surface area (Å²) in [6, 6.07) is 0. The van der Waals surface area contributed by atoms with Gasteiger partial charge in [-0.1, -0.05) is 243 Å². The number of hydrogen-bond acceptors (Lipinski definition) is 0. The van der Waals surface area contributed by atoms with E-state index < -0.39 is 0 Å². The normalized spacial score (nSPS) is 12.2. The van der Waals surface area contributed by atoms with Gasteiger partial charge in [-0.15, -0.1) is 0 Å². The van der Waals surface area contributed by atoms with Gasteiger partial charge in [0.2, 0.25) is 0 Å². The summed E-state index contributed by atoms with van der Waals surface area (Å²) >= 11 is 0. The summed E-state index contributed by atoms with van der Waals surface area (Å²) < 4.78 is 0. The lowest BCUT2D eigenvalue weighted by Crippen LogP contribution is -1.83. The van der Waals surface area contributed by atoms with Gasteiger partial charge in [0.15, 0.2) is 0 Å². The zero-order valence-corrected chi connectivity index (χ0v) is 31.1. The molecule has 0 nitrogen and oxygen atoms in total. The molecule has 0 heterocycles. The third kappa shape index (κ3) is 41.9. The fourth-order valence-corrected chi connectivity index (χ4v) is 6.94. The molecule has 1 heteroatoms. The number of rotatable bonds is 38. The van der Waals surface area contributed by atoms with Crippen LogP contribution in [0.1, 0.15) is 245 Å². The van der Waals surface area contributed by atoms with Gasteiger partial charge in [0.1, 0.15) is 0 Å². The van der Waals surface area contributed by atoms with Gasteiger partial charge in [-0.3, -0.25) is 0 Å². The van der Waals surface area contributed by atoms with E-state index in [9.17, 15) is 0 Å². The Labute approximate surface area is 276 Å². The second kappa shape index (κ2) is 41.9. The fraction of sp³-hybridized carbons (Fsp3) is 0.905. The zero-order valence-electron chi connectivity index (χ0n) is 30.2. The maximum Gasteiger partial charge on any atom is -0.0267 e. The van der Waals surface area contributed by atoms with Gasteiger partial charge in [-0.25, -0.2) is 0 Å². The Morgan fingerprint density at radius 1 is 0.256 bits per heavy atom. The van der Waals surface area contributed by atoms with Crippen molar-refractivity contribution >= 4 is 8.58 Å². The Morgan fingerprint density at radius 3 is 0.651 bits per heavy atom. The monoisotopic (exact) mass is 618 g/mol. The van der Waals surface area contributed by atoms with E-state index in [1.54, 1.807) is 0 Å². The summed E-state index contributed by atoms with van der Waals surface area (Å²) in [7, 11) is 1.38. The fourth-order valence-electron chi connectivity index (χ4n) is 6.29. The molecule has 0 amide bonds. The van der Waals surface area contributed by atoms with Gasteiger partial charge in [0, 0.05) is 0 Å². The van der Waals surface area contributed by atoms with Crippen molar-refractivity contribution in [1.29, 1.82) is 0 Å². The van der Waals surface area contributed by atoms with E-state index in [1.807, 2.05) is 0 Å². The molecule has 0 rings (SSSR count). The highest BCUT2D eigenvalue weighted by atomic mass is 31.1. The third-order valence-electron chi connectivity index (χ3n) is 9.33. The molecule has 43 heavy (non-hydrogen) atoms. The standard InChI is InChI=1S/C42H82P/c1-3-5-7-9-11-13-15-17-19-21-23-25-27-29-31-33-35-37-39-41-43-42-40-38-36-34-32-30-28-26-24-22-20-18-16-14-12-10-8-6-4-2/h39-42H,3-38H2,1-2H3. The Morgan fingerprint density at radius 2 is 0.442 bits per heavy atom. The lowest BCUT2D eigenvalue weighted by Gasteiger charge is -2.03. The molecule has 0 bridgehead atoms. The number of hydrogen-bond donors (Lipinski definition) is 0. The molecular formula is C42H82P. The van der Waals surface area contributed by atoms with Crippen molar-refractivity contribution in [2.75, 3.05) is 0 Å². The molecule has 0 spiro atoms. The molecule has 0 aliphatic heterocycles. The van der Waals surface area contributed by atoms with Crippen LogP contribution in [0.4, 0.5) is 0 Å². The van der Waals surface area contributed by atoms with Crippen molar-refractivity contribution in [3.8, 4) is 0 Å². The molecule has 0 fully saturated rings. The van der Waals surface area contributed by atoms with E-state index >= 15 is 0 Å². The quantitative estimate of drug-likeness (QED) is 0.0477. The molecule has 0 aromatic heterocycles. The van der Waals surface area contributed by atoms with Crippen molar-refractivity contribution in [3.63, 3.8) is 0 Å². The molecule has 0 atom stereocenters. The van der Waals surface area contributed by atoms with Crippen LogP contribution in [0.3, 0.4) is 0 Å². The Hall–Kier alpha value is -0.0900. The predicted octanol–water partition coefficient (Wildman–Crippen LogP) is 17.0. The Kier molecular flexibility index (Phi) is 41.8. The first-order chi connectivity index (χ1) is 21.4. The van der Waals surface area contributed by atoms with Crippen molar-refractivity contribution in [2.24, 2.45) is 0 Å². The molecule has 0 N–H and O–H groups in total. The first-order valence-electron chi connectivity index (χ1n) is 20.4. The lowest BCUT2D eigenvalue weighted by molar-refractivity contribution is 0.527. The minimum absolute atomic E-state index is 1.28. The summed E-state index contributed by atoms with van der Waals surface area (Å²) in [4.78, 5) is 0. The SMILES string of the molecule is CCCCCCCCCCCCCCCCCCCC=C[P]C=CCCCCCCCCCCCCCCCCCCC. The summed E-state index contributed by atoms with van der Waals surface area (Å²) in [5.41, 5.74) is 0. The summed E-state index contributed by atoms with van der Waals surface area (Å²) in [6.45, 7) is 4.61. The highest BCUT2D eigenvalue weighted by molar-refractivity contribution is 7.45. The van der Waals surface area contributed by atoms with Crippen LogP contribution in [0.25, 0.3) is 0 Å². The Balaban J connectivity index is 3.14. The second-order valence-electron chi connectivity index (χ2n) is 13.8. The van der Waals surface area contributed by atoms with Crippen molar-refractivity contribution in [3.05, 3.63) is 23.8 Å². The lowest BCUT2D eigenvalue weighted by atomic mass is 10.0. The van der Waals surface area contributed by atoms with Crippen LogP contribution in [-0.4, -0.2) is 0 Å². The van der Waals surface area contributed by atoms with Crippen molar-refractivity contribution in [2.45, 2.75) is 245 Å². The highest BCUT2D eigenvalue weighted by Gasteiger charge is 1.96. The van der Waals surface area contributed by atoms with Crippen molar-refractivity contribution in [1.82, 2.24) is 0 Å². The summed E-state index contributed by atoms with van der Waals surface area (Å²) in [5, 5.41) is 0. The number of unbranched alkanes of at least 4 members (excludes halogenated alkanes) is 34. The van der Waals surface area contributed by atoms with E-state index in [2.05, 4.69) is 37.6 Å². The van der Waals surface area contributed by atoms with E-state index in [0.29, 0.717) is 0 Å². The molecule has 255 valence electrons. The van der Waals surface area contributed by atoms with Crippen LogP contribution in [0.2, 0.25) is 0 Å². The third-order valence-corrected chi connectivity index (χ3v) is 10.1. The molecule has 1 radical (unpaired) electrons. The molecule has 0 aromatic rings. The minimum atomic E-state index is 1.28. The summed E-state index contributed by atoms with van der Waals surface area (Å²) in [5.74, 6) is 4.72. The van der Waals surface area contributed by atoms with E-state index in [4.69, 9.17) is 0 Å². The maximum absolute atomic E-state index is 2.41. The van der Waals surface area contributed by atoms with Gasteiger partial charge in [-0.05, 0) is 34.3 Å². The molecule has 0 aliphatic carbocycles. The molecule has 0 saturated carbocycles. The van der Waals surface area contributed by atoms with Crippen LogP contribution in [0, 0.1) is 0 Å². The predicted molar refractivity (Wildman–Crippen MR) is 203 cm³/mol. The van der Waals surface area contributed by atoms with Gasteiger partial charge in [-0.2, -0.15) is 0 Å². The van der Waals surface area contributed by atoms with Crippen LogP contribution in [-0.2, 0) is 0 Å². The van der Waals surface area contributed by atoms with Crippen LogP contribution in [0.5, 0.6) is 0 Å². The van der Waals surface area contributed by atoms with E-state index in [0.717, 1.165) is 0 Å².